The average molecular weight is 423 g/mol. The topological polar surface area (TPSA) is 41.4 Å². The fourth-order valence-corrected chi connectivity index (χ4v) is 3.80. The summed E-state index contributed by atoms with van der Waals surface area (Å²) in [5.41, 5.74) is 0.530. The number of hydrogen-bond acceptors (Lipinski definition) is 3. The van der Waals surface area contributed by atoms with Crippen LogP contribution < -0.4 is 0 Å². The molecule has 0 N–H and O–H groups in total. The molecule has 7 heteroatoms. The monoisotopic (exact) mass is 422 g/mol. The summed E-state index contributed by atoms with van der Waals surface area (Å²) >= 11 is 3.35. The van der Waals surface area contributed by atoms with Crippen LogP contribution >= 0.6 is 15.9 Å². The Morgan fingerprint density at radius 2 is 2.12 bits per heavy atom. The smallest absolute Gasteiger partial charge is 0.225 e. The summed E-state index contributed by atoms with van der Waals surface area (Å²) in [4.78, 5) is 21.1. The van der Waals surface area contributed by atoms with Crippen molar-refractivity contribution in [2.75, 3.05) is 20.1 Å². The van der Waals surface area contributed by atoms with Gasteiger partial charge in [0, 0.05) is 49.0 Å². The number of nitrogens with zero attached hydrogens (tertiary/aromatic N) is 4. The Kier molecular flexibility index (Phi) is 6.09. The Morgan fingerprint density at radius 3 is 2.77 bits per heavy atom. The standard InChI is InChI=1S/C19H24BrFN4O/c1-23-10-7-22-18(23)13-25-8-5-14(6-9-25)19(26)24(2)12-15-11-16(20)3-4-17(15)21/h3-4,7,10-11,14H,5-6,8-9,12-13H2,1-2H3. The van der Waals surface area contributed by atoms with Crippen molar-refractivity contribution in [3.63, 3.8) is 0 Å². The number of piperidine rings is 1. The molecule has 0 radical (unpaired) electrons. The van der Waals surface area contributed by atoms with Gasteiger partial charge in [0.15, 0.2) is 0 Å². The van der Waals surface area contributed by atoms with Gasteiger partial charge in [0.05, 0.1) is 6.54 Å². The summed E-state index contributed by atoms with van der Waals surface area (Å²) in [6.07, 6.45) is 5.41. The third kappa shape index (κ3) is 4.51. The Hall–Kier alpha value is -1.73. The Balaban J connectivity index is 1.52. The van der Waals surface area contributed by atoms with E-state index in [0.29, 0.717) is 5.56 Å². The van der Waals surface area contributed by atoms with E-state index < -0.39 is 0 Å². The van der Waals surface area contributed by atoms with E-state index in [1.165, 1.54) is 6.07 Å². The van der Waals surface area contributed by atoms with Crippen LogP contribution in [0.4, 0.5) is 4.39 Å². The minimum absolute atomic E-state index is 0.00726. The van der Waals surface area contributed by atoms with Crippen LogP contribution in [0.3, 0.4) is 0 Å². The van der Waals surface area contributed by atoms with Crippen LogP contribution in [0.2, 0.25) is 0 Å². The molecular weight excluding hydrogens is 399 g/mol. The SMILES string of the molecule is CN(Cc1cc(Br)ccc1F)C(=O)C1CCN(Cc2nccn2C)CC1. The number of imidazole rings is 1. The summed E-state index contributed by atoms with van der Waals surface area (Å²) in [5, 5.41) is 0. The van der Waals surface area contributed by atoms with Crippen molar-refractivity contribution in [2.24, 2.45) is 13.0 Å². The van der Waals surface area contributed by atoms with E-state index in [2.05, 4.69) is 25.8 Å². The first-order valence-electron chi connectivity index (χ1n) is 8.81. The van der Waals surface area contributed by atoms with Crippen molar-refractivity contribution in [1.29, 1.82) is 0 Å². The number of halogens is 2. The second-order valence-electron chi connectivity index (χ2n) is 6.93. The maximum Gasteiger partial charge on any atom is 0.225 e. The molecular formula is C19H24BrFN4O. The van der Waals surface area contributed by atoms with Crippen LogP contribution in [-0.4, -0.2) is 45.4 Å². The van der Waals surface area contributed by atoms with Gasteiger partial charge in [-0.25, -0.2) is 9.37 Å². The molecule has 0 saturated carbocycles. The van der Waals surface area contributed by atoms with Crippen LogP contribution in [0.5, 0.6) is 0 Å². The van der Waals surface area contributed by atoms with Gasteiger partial charge in [0.25, 0.3) is 0 Å². The van der Waals surface area contributed by atoms with Gasteiger partial charge < -0.3 is 9.47 Å². The second kappa shape index (κ2) is 8.31. The highest BCUT2D eigenvalue weighted by atomic mass is 79.9. The highest BCUT2D eigenvalue weighted by Gasteiger charge is 2.28. The van der Waals surface area contributed by atoms with E-state index in [9.17, 15) is 9.18 Å². The van der Waals surface area contributed by atoms with Gasteiger partial charge in [0.2, 0.25) is 5.91 Å². The van der Waals surface area contributed by atoms with Crippen molar-refractivity contribution in [2.45, 2.75) is 25.9 Å². The summed E-state index contributed by atoms with van der Waals surface area (Å²) in [7, 11) is 3.75. The number of benzene rings is 1. The van der Waals surface area contributed by atoms with Gasteiger partial charge in [-0.15, -0.1) is 0 Å². The molecule has 2 aromatic rings. The molecule has 0 spiro atoms. The number of hydrogen-bond donors (Lipinski definition) is 0. The average Bonchev–Trinajstić information content (AvgIpc) is 3.03. The molecule has 0 atom stereocenters. The van der Waals surface area contributed by atoms with Gasteiger partial charge >= 0.3 is 0 Å². The van der Waals surface area contributed by atoms with Crippen molar-refractivity contribution in [3.8, 4) is 0 Å². The first kappa shape index (κ1) is 19.0. The molecule has 1 aliphatic rings. The molecule has 1 aromatic heterocycles. The van der Waals surface area contributed by atoms with E-state index in [0.717, 1.165) is 42.8 Å². The summed E-state index contributed by atoms with van der Waals surface area (Å²) in [6, 6.07) is 4.82. The molecule has 2 heterocycles. The van der Waals surface area contributed by atoms with Crippen LogP contribution in [0, 0.1) is 11.7 Å². The normalized spacial score (nSPS) is 16.0. The maximum absolute atomic E-state index is 13.9. The zero-order valence-corrected chi connectivity index (χ0v) is 16.7. The molecule has 3 rings (SSSR count). The Morgan fingerprint density at radius 1 is 1.38 bits per heavy atom. The zero-order valence-electron chi connectivity index (χ0n) is 15.2. The van der Waals surface area contributed by atoms with E-state index in [-0.39, 0.29) is 24.2 Å². The number of aryl methyl sites for hydroxylation is 1. The van der Waals surface area contributed by atoms with E-state index in [1.807, 2.05) is 24.0 Å². The zero-order chi connectivity index (χ0) is 18.7. The number of aromatic nitrogens is 2. The molecule has 1 amide bonds. The van der Waals surface area contributed by atoms with Gasteiger partial charge in [-0.1, -0.05) is 15.9 Å². The predicted molar refractivity (Wildman–Crippen MR) is 102 cm³/mol. The maximum atomic E-state index is 13.9. The molecule has 26 heavy (non-hydrogen) atoms. The lowest BCUT2D eigenvalue weighted by Gasteiger charge is -2.33. The predicted octanol–water partition coefficient (Wildman–Crippen LogP) is 3.19. The van der Waals surface area contributed by atoms with Gasteiger partial charge in [-0.3, -0.25) is 9.69 Å². The highest BCUT2D eigenvalue weighted by Crippen LogP contribution is 2.22. The molecule has 0 aliphatic carbocycles. The van der Waals surface area contributed by atoms with Gasteiger partial charge in [-0.2, -0.15) is 0 Å². The largest absolute Gasteiger partial charge is 0.341 e. The van der Waals surface area contributed by atoms with Crippen molar-refractivity contribution >= 4 is 21.8 Å². The van der Waals surface area contributed by atoms with Crippen molar-refractivity contribution < 1.29 is 9.18 Å². The highest BCUT2D eigenvalue weighted by molar-refractivity contribution is 9.10. The van der Waals surface area contributed by atoms with Gasteiger partial charge in [-0.05, 0) is 44.1 Å². The van der Waals surface area contributed by atoms with Crippen molar-refractivity contribution in [1.82, 2.24) is 19.4 Å². The molecule has 0 unspecified atom stereocenters. The Labute approximate surface area is 161 Å². The van der Waals surface area contributed by atoms with Crippen LogP contribution in [0.25, 0.3) is 0 Å². The number of amides is 1. The molecule has 5 nitrogen and oxygen atoms in total. The minimum Gasteiger partial charge on any atom is -0.341 e. The van der Waals surface area contributed by atoms with Crippen LogP contribution in [-0.2, 0) is 24.9 Å². The van der Waals surface area contributed by atoms with E-state index >= 15 is 0 Å². The summed E-state index contributed by atoms with van der Waals surface area (Å²) < 4.78 is 16.8. The molecule has 1 aliphatic heterocycles. The van der Waals surface area contributed by atoms with Gasteiger partial charge in [0.1, 0.15) is 11.6 Å². The minimum atomic E-state index is -0.280. The Bertz CT molecular complexity index is 771. The number of carbonyl (C=O) groups excluding carboxylic acids is 1. The second-order valence-corrected chi connectivity index (χ2v) is 7.85. The molecule has 1 saturated heterocycles. The van der Waals surface area contributed by atoms with E-state index in [4.69, 9.17) is 0 Å². The van der Waals surface area contributed by atoms with Crippen LogP contribution in [0.15, 0.2) is 35.1 Å². The summed E-state index contributed by atoms with van der Waals surface area (Å²) in [6.45, 7) is 2.85. The van der Waals surface area contributed by atoms with Crippen LogP contribution in [0.1, 0.15) is 24.2 Å². The fourth-order valence-electron chi connectivity index (χ4n) is 3.40. The van der Waals surface area contributed by atoms with Crippen molar-refractivity contribution in [3.05, 3.63) is 52.3 Å². The van der Waals surface area contributed by atoms with E-state index in [1.54, 1.807) is 24.1 Å². The quantitative estimate of drug-likeness (QED) is 0.742. The number of likely N-dealkylation sites (tertiary alicyclic amines) is 1. The lowest BCUT2D eigenvalue weighted by molar-refractivity contribution is -0.136. The fraction of sp³-hybridized carbons (Fsp3) is 0.474. The third-order valence-electron chi connectivity index (χ3n) is 5.01. The molecule has 1 fully saturated rings. The summed E-state index contributed by atoms with van der Waals surface area (Å²) in [5.74, 6) is 0.864. The molecule has 140 valence electrons. The third-order valence-corrected chi connectivity index (χ3v) is 5.51. The number of carbonyl (C=O) groups is 1. The molecule has 0 bridgehead atoms. The first-order chi connectivity index (χ1) is 12.4. The molecule has 1 aromatic carbocycles. The lowest BCUT2D eigenvalue weighted by atomic mass is 9.95. The number of rotatable bonds is 5. The first-order valence-corrected chi connectivity index (χ1v) is 9.61. The lowest BCUT2D eigenvalue weighted by Crippen LogP contribution is -2.41.